The van der Waals surface area contributed by atoms with E-state index in [2.05, 4.69) is 25.0 Å². The summed E-state index contributed by atoms with van der Waals surface area (Å²) in [6.07, 6.45) is 4.70. The first-order chi connectivity index (χ1) is 17.8. The minimum atomic E-state index is -0.757. The molecule has 4 saturated heterocycles. The summed E-state index contributed by atoms with van der Waals surface area (Å²) in [6.45, 7) is 15.9. The van der Waals surface area contributed by atoms with Gasteiger partial charge in [0.25, 0.3) is 0 Å². The molecule has 0 aromatic carbocycles. The number of aliphatic hydroxyl groups is 1. The summed E-state index contributed by atoms with van der Waals surface area (Å²) >= 11 is 1.62. The molecule has 10 heteroatoms. The van der Waals surface area contributed by atoms with E-state index < -0.39 is 28.7 Å². The minimum Gasteiger partial charge on any atom is -0.465 e. The highest BCUT2D eigenvalue weighted by Gasteiger charge is 2.77. The van der Waals surface area contributed by atoms with Crippen LogP contribution in [0.2, 0.25) is 0 Å². The van der Waals surface area contributed by atoms with Crippen molar-refractivity contribution in [2.75, 3.05) is 59.2 Å². The number of aliphatic hydroxyl groups excluding tert-OH is 1. The number of carbonyl (C=O) groups excluding carboxylic acids is 3. The van der Waals surface area contributed by atoms with Crippen LogP contribution in [0.25, 0.3) is 0 Å². The van der Waals surface area contributed by atoms with Gasteiger partial charge in [-0.1, -0.05) is 19.1 Å². The van der Waals surface area contributed by atoms with E-state index in [0.717, 1.165) is 19.5 Å². The first kappa shape index (κ1) is 28.1. The predicted molar refractivity (Wildman–Crippen MR) is 142 cm³/mol. The zero-order valence-electron chi connectivity index (χ0n) is 22.0. The first-order valence-electron chi connectivity index (χ1n) is 13.4. The molecule has 0 aromatic heterocycles. The summed E-state index contributed by atoms with van der Waals surface area (Å²) in [6, 6.07) is -1.30. The van der Waals surface area contributed by atoms with E-state index in [0.29, 0.717) is 39.3 Å². The number of rotatable bonds is 12. The molecular formula is C27H41N3O6S. The monoisotopic (exact) mass is 535 g/mol. The first-order valence-corrected chi connectivity index (χ1v) is 14.3. The Hall–Kier alpha value is -1.88. The molecule has 3 unspecified atom stereocenters. The highest BCUT2D eigenvalue weighted by Crippen LogP contribution is 2.69. The van der Waals surface area contributed by atoms with Crippen molar-refractivity contribution >= 4 is 29.5 Å². The van der Waals surface area contributed by atoms with E-state index in [-0.39, 0.29) is 42.2 Å². The molecule has 2 amide bonds. The van der Waals surface area contributed by atoms with Crippen LogP contribution >= 0.6 is 11.8 Å². The standard InChI is InChI=1S/C27H41N3O6S/c1-5-7-13-36-26(34)21-20-16-18(3)27(37-20)22(21)24(32)30(19(4)17-31)23(27)25(33)29(8-6-2)10-9-28-11-14-35-15-12-28/h5-6,18-23,31H,1-2,7-17H2,3-4H3/t18?,19-,20+,21-,22+,23?,27?/m1/s1. The smallest absolute Gasteiger partial charge is 0.310 e. The Bertz CT molecular complexity index is 895. The van der Waals surface area contributed by atoms with Crippen molar-refractivity contribution in [2.45, 2.75) is 48.8 Å². The van der Waals surface area contributed by atoms with Crippen molar-refractivity contribution in [2.24, 2.45) is 17.8 Å². The largest absolute Gasteiger partial charge is 0.465 e. The second kappa shape index (κ2) is 11.9. The fourth-order valence-corrected chi connectivity index (χ4v) is 9.01. The number of thioether (sulfide) groups is 1. The van der Waals surface area contributed by atoms with Crippen LogP contribution in [0.3, 0.4) is 0 Å². The molecule has 2 bridgehead atoms. The Kier molecular flexibility index (Phi) is 9.04. The molecule has 4 aliphatic heterocycles. The van der Waals surface area contributed by atoms with E-state index in [1.165, 1.54) is 0 Å². The summed E-state index contributed by atoms with van der Waals surface area (Å²) in [5.74, 6) is -1.90. The van der Waals surface area contributed by atoms with Gasteiger partial charge in [-0.25, -0.2) is 0 Å². The van der Waals surface area contributed by atoms with Crippen molar-refractivity contribution < 1.29 is 29.0 Å². The van der Waals surface area contributed by atoms with Gasteiger partial charge in [-0.05, 0) is 25.7 Å². The SMILES string of the molecule is C=CCCOC(=O)[C@@H]1[C@@H]2CC(C)C3(S2)C(C(=O)N(CC=C)CCN2CCOCC2)N([C@H](C)CO)C(=O)[C@H]13. The number of ether oxygens (including phenoxy) is 2. The van der Waals surface area contributed by atoms with Gasteiger partial charge >= 0.3 is 5.97 Å². The molecule has 4 rings (SSSR count). The van der Waals surface area contributed by atoms with Crippen molar-refractivity contribution in [1.82, 2.24) is 14.7 Å². The van der Waals surface area contributed by atoms with Gasteiger partial charge in [0.15, 0.2) is 0 Å². The van der Waals surface area contributed by atoms with Crippen LogP contribution < -0.4 is 0 Å². The quantitative estimate of drug-likeness (QED) is 0.226. The summed E-state index contributed by atoms with van der Waals surface area (Å²) in [7, 11) is 0. The maximum atomic E-state index is 14.4. The molecule has 0 saturated carbocycles. The zero-order valence-corrected chi connectivity index (χ0v) is 22.9. The molecule has 4 fully saturated rings. The topological polar surface area (TPSA) is 99.6 Å². The van der Waals surface area contributed by atoms with Gasteiger partial charge in [0.2, 0.25) is 11.8 Å². The van der Waals surface area contributed by atoms with Crippen molar-refractivity contribution in [1.29, 1.82) is 0 Å². The lowest BCUT2D eigenvalue weighted by atomic mass is 9.66. The van der Waals surface area contributed by atoms with Crippen molar-refractivity contribution in [3.8, 4) is 0 Å². The molecule has 4 heterocycles. The lowest BCUT2D eigenvalue weighted by Crippen LogP contribution is -2.59. The second-order valence-electron chi connectivity index (χ2n) is 10.6. The summed E-state index contributed by atoms with van der Waals surface area (Å²) in [5.41, 5.74) is 0. The van der Waals surface area contributed by atoms with Gasteiger partial charge < -0.3 is 24.4 Å². The van der Waals surface area contributed by atoms with E-state index in [1.54, 1.807) is 40.6 Å². The number of carbonyl (C=O) groups is 3. The fourth-order valence-electron chi connectivity index (χ4n) is 6.62. The van der Waals surface area contributed by atoms with Gasteiger partial charge in [0, 0.05) is 38.0 Å². The number of nitrogens with zero attached hydrogens (tertiary/aromatic N) is 3. The lowest BCUT2D eigenvalue weighted by molar-refractivity contribution is -0.154. The Morgan fingerprint density at radius 1 is 1.32 bits per heavy atom. The van der Waals surface area contributed by atoms with Crippen LogP contribution in [0.15, 0.2) is 25.3 Å². The van der Waals surface area contributed by atoms with Gasteiger partial charge in [-0.3, -0.25) is 19.3 Å². The third kappa shape index (κ3) is 4.97. The average molecular weight is 536 g/mol. The van der Waals surface area contributed by atoms with E-state index in [9.17, 15) is 19.5 Å². The zero-order chi connectivity index (χ0) is 26.7. The lowest BCUT2D eigenvalue weighted by Gasteiger charge is -2.41. The fraction of sp³-hybridized carbons (Fsp3) is 0.741. The number of amides is 2. The Labute approximate surface area is 224 Å². The van der Waals surface area contributed by atoms with Crippen molar-refractivity contribution in [3.05, 3.63) is 25.3 Å². The van der Waals surface area contributed by atoms with Gasteiger partial charge in [-0.15, -0.1) is 24.9 Å². The molecule has 1 spiro atoms. The summed E-state index contributed by atoms with van der Waals surface area (Å²) < 4.78 is 10.3. The van der Waals surface area contributed by atoms with Crippen LogP contribution in [-0.2, 0) is 23.9 Å². The maximum absolute atomic E-state index is 14.4. The molecule has 37 heavy (non-hydrogen) atoms. The average Bonchev–Trinajstić information content (AvgIpc) is 3.50. The van der Waals surface area contributed by atoms with Crippen LogP contribution in [0.1, 0.15) is 26.7 Å². The number of likely N-dealkylation sites (tertiary alicyclic amines) is 1. The van der Waals surface area contributed by atoms with Gasteiger partial charge in [0.1, 0.15) is 6.04 Å². The third-order valence-corrected chi connectivity index (χ3v) is 10.5. The molecule has 9 nitrogen and oxygen atoms in total. The summed E-state index contributed by atoms with van der Waals surface area (Å²) in [5, 5.41) is 10.0. The number of hydrogen-bond acceptors (Lipinski definition) is 8. The van der Waals surface area contributed by atoms with Crippen LogP contribution in [0, 0.1) is 17.8 Å². The predicted octanol–water partition coefficient (Wildman–Crippen LogP) is 1.17. The summed E-state index contributed by atoms with van der Waals surface area (Å²) in [4.78, 5) is 47.2. The Balaban J connectivity index is 1.65. The molecule has 0 aromatic rings. The maximum Gasteiger partial charge on any atom is 0.310 e. The van der Waals surface area contributed by atoms with E-state index >= 15 is 0 Å². The molecule has 7 atom stereocenters. The number of fused-ring (bicyclic) bond motifs is 1. The van der Waals surface area contributed by atoms with Crippen LogP contribution in [-0.4, -0.2) is 119 Å². The van der Waals surface area contributed by atoms with Gasteiger partial charge in [-0.2, -0.15) is 0 Å². The molecule has 1 N–H and O–H groups in total. The van der Waals surface area contributed by atoms with Crippen LogP contribution in [0.4, 0.5) is 0 Å². The molecule has 0 radical (unpaired) electrons. The Morgan fingerprint density at radius 2 is 2.05 bits per heavy atom. The van der Waals surface area contributed by atoms with E-state index in [4.69, 9.17) is 9.47 Å². The Morgan fingerprint density at radius 3 is 2.70 bits per heavy atom. The number of morpholine rings is 1. The minimum absolute atomic E-state index is 0.0587. The number of esters is 1. The highest BCUT2D eigenvalue weighted by molar-refractivity contribution is 8.02. The molecule has 0 aliphatic carbocycles. The van der Waals surface area contributed by atoms with Crippen LogP contribution in [0.5, 0.6) is 0 Å². The molecule has 206 valence electrons. The van der Waals surface area contributed by atoms with Crippen molar-refractivity contribution in [3.63, 3.8) is 0 Å². The highest BCUT2D eigenvalue weighted by atomic mass is 32.2. The van der Waals surface area contributed by atoms with Gasteiger partial charge in [0.05, 0.1) is 49.1 Å². The molecular weight excluding hydrogens is 494 g/mol. The molecule has 4 aliphatic rings. The number of hydrogen-bond donors (Lipinski definition) is 1. The normalized spacial score (nSPS) is 33.8. The van der Waals surface area contributed by atoms with E-state index in [1.807, 2.05) is 0 Å². The third-order valence-electron chi connectivity index (χ3n) is 8.45. The second-order valence-corrected chi connectivity index (χ2v) is 12.1.